The van der Waals surface area contributed by atoms with Crippen molar-refractivity contribution < 1.29 is 28.2 Å². The van der Waals surface area contributed by atoms with Gasteiger partial charge in [-0.05, 0) is 44.9 Å². The van der Waals surface area contributed by atoms with Crippen molar-refractivity contribution in [2.75, 3.05) is 43.4 Å². The zero-order valence-electron chi connectivity index (χ0n) is 21.5. The molecule has 2 atom stereocenters. The summed E-state index contributed by atoms with van der Waals surface area (Å²) in [7, 11) is 0. The van der Waals surface area contributed by atoms with Gasteiger partial charge in [-0.1, -0.05) is 6.58 Å². The predicted octanol–water partition coefficient (Wildman–Crippen LogP) is 1.89. The second kappa shape index (κ2) is 9.19. The van der Waals surface area contributed by atoms with E-state index in [4.69, 9.17) is 10.5 Å². The fourth-order valence-electron chi connectivity index (χ4n) is 5.55. The van der Waals surface area contributed by atoms with E-state index in [0.717, 1.165) is 0 Å². The van der Waals surface area contributed by atoms with Gasteiger partial charge in [-0.25, -0.2) is 18.7 Å². The molecule has 38 heavy (non-hydrogen) atoms. The molecule has 0 bridgehead atoms. The first-order valence-corrected chi connectivity index (χ1v) is 12.4. The Morgan fingerprint density at radius 3 is 2.61 bits per heavy atom. The molecule has 2 fully saturated rings. The Morgan fingerprint density at radius 2 is 1.95 bits per heavy atom. The first-order valence-electron chi connectivity index (χ1n) is 12.4. The molecule has 2 aromatic rings. The Bertz CT molecular complexity index is 1350. The molecule has 10 nitrogen and oxygen atoms in total. The summed E-state index contributed by atoms with van der Waals surface area (Å²) in [4.78, 5) is 39.5. The molecular weight excluding hydrogens is 498 g/mol. The average Bonchev–Trinajstić information content (AvgIpc) is 3.05. The molecule has 2 aromatic heterocycles. The van der Waals surface area contributed by atoms with Crippen LogP contribution in [0.1, 0.15) is 36.2 Å². The van der Waals surface area contributed by atoms with Crippen molar-refractivity contribution in [2.24, 2.45) is 0 Å². The second-order valence-corrected chi connectivity index (χ2v) is 10.6. The van der Waals surface area contributed by atoms with Crippen LogP contribution in [0.4, 0.5) is 20.4 Å². The minimum Gasteiger partial charge on any atom is -0.487 e. The molecule has 202 valence electrons. The molecule has 0 spiro atoms. The van der Waals surface area contributed by atoms with E-state index in [2.05, 4.69) is 16.5 Å². The number of hydrogen-bond donors (Lipinski definition) is 2. The summed E-state index contributed by atoms with van der Waals surface area (Å²) in [6.45, 7) is 9.42. The van der Waals surface area contributed by atoms with Crippen LogP contribution in [0, 0.1) is 18.6 Å². The first-order chi connectivity index (χ1) is 17.9. The Balaban J connectivity index is 1.71. The summed E-state index contributed by atoms with van der Waals surface area (Å²) >= 11 is 0. The van der Waals surface area contributed by atoms with E-state index >= 15 is 8.78 Å². The van der Waals surface area contributed by atoms with Gasteiger partial charge in [0.25, 0.3) is 5.91 Å². The lowest BCUT2D eigenvalue weighted by atomic mass is 10.00. The lowest BCUT2D eigenvalue weighted by molar-refractivity contribution is -0.128. The van der Waals surface area contributed by atoms with Crippen molar-refractivity contribution in [3.8, 4) is 17.1 Å². The Labute approximate surface area is 218 Å². The molecule has 2 saturated heterocycles. The zero-order chi connectivity index (χ0) is 27.5. The highest BCUT2D eigenvalue weighted by Crippen LogP contribution is 2.43. The molecule has 12 heteroatoms. The number of ether oxygens (including phenoxy) is 1. The number of amides is 2. The van der Waals surface area contributed by atoms with Crippen molar-refractivity contribution >= 4 is 23.5 Å². The van der Waals surface area contributed by atoms with Crippen LogP contribution in [0.25, 0.3) is 11.4 Å². The van der Waals surface area contributed by atoms with E-state index in [1.165, 1.54) is 19.1 Å². The van der Waals surface area contributed by atoms with Crippen LogP contribution in [0.15, 0.2) is 18.7 Å². The van der Waals surface area contributed by atoms with Crippen LogP contribution in [0.3, 0.4) is 0 Å². The largest absolute Gasteiger partial charge is 0.487 e. The van der Waals surface area contributed by atoms with Crippen molar-refractivity contribution in [1.29, 1.82) is 0 Å². The van der Waals surface area contributed by atoms with Crippen LogP contribution >= 0.6 is 0 Å². The van der Waals surface area contributed by atoms with E-state index in [9.17, 15) is 14.7 Å². The molecular formula is C26H30F2N6O4. The number of β-amino-alcohol motifs (C(OH)–C–C–N with tert-alkyl or cyclic N) is 1. The van der Waals surface area contributed by atoms with Crippen LogP contribution in [-0.4, -0.2) is 87.2 Å². The number of nitrogen functional groups attached to an aromatic ring is 1. The minimum atomic E-state index is -1.04. The number of piperazine rings is 1. The number of nitrogens with zero attached hydrogens (tertiary/aromatic N) is 5. The second-order valence-electron chi connectivity index (χ2n) is 10.6. The van der Waals surface area contributed by atoms with Crippen LogP contribution in [-0.2, 0) is 4.79 Å². The summed E-state index contributed by atoms with van der Waals surface area (Å²) in [6, 6.07) is 0.778. The quantitative estimate of drug-likeness (QED) is 0.579. The fraction of sp³-hybridized carbons (Fsp3) is 0.462. The molecule has 5 rings (SSSR count). The number of fused-ring (bicyclic) bond motifs is 2. The third kappa shape index (κ3) is 4.12. The number of halogens is 2. The van der Waals surface area contributed by atoms with E-state index < -0.39 is 46.6 Å². The predicted molar refractivity (Wildman–Crippen MR) is 136 cm³/mol. The maximum atomic E-state index is 16.2. The Kier molecular flexibility index (Phi) is 6.25. The molecule has 0 saturated carbocycles. The summed E-state index contributed by atoms with van der Waals surface area (Å²) < 4.78 is 37.3. The van der Waals surface area contributed by atoms with Gasteiger partial charge in [0.05, 0.1) is 12.1 Å². The van der Waals surface area contributed by atoms with E-state index in [1.807, 2.05) is 13.8 Å². The highest BCUT2D eigenvalue weighted by atomic mass is 19.1. The van der Waals surface area contributed by atoms with Gasteiger partial charge in [0.15, 0.2) is 17.4 Å². The van der Waals surface area contributed by atoms with Crippen molar-refractivity contribution in [3.63, 3.8) is 0 Å². The summed E-state index contributed by atoms with van der Waals surface area (Å²) in [5.41, 5.74) is 4.39. The smallest absolute Gasteiger partial charge is 0.262 e. The van der Waals surface area contributed by atoms with Crippen LogP contribution in [0.2, 0.25) is 0 Å². The maximum Gasteiger partial charge on any atom is 0.262 e. The lowest BCUT2D eigenvalue weighted by Crippen LogP contribution is -2.57. The summed E-state index contributed by atoms with van der Waals surface area (Å²) in [5.74, 6) is -2.96. The molecule has 0 unspecified atom stereocenters. The topological polar surface area (TPSA) is 125 Å². The average molecular weight is 529 g/mol. The number of aromatic nitrogens is 2. The van der Waals surface area contributed by atoms with Crippen molar-refractivity contribution in [2.45, 2.75) is 44.9 Å². The number of anilines is 2. The highest BCUT2D eigenvalue weighted by molar-refractivity contribution is 6.03. The monoisotopic (exact) mass is 528 g/mol. The van der Waals surface area contributed by atoms with Gasteiger partial charge in [0, 0.05) is 31.7 Å². The molecule has 2 amide bonds. The summed E-state index contributed by atoms with van der Waals surface area (Å²) in [6.07, 6.45) is 0.858. The normalized spacial score (nSPS) is 22.5. The number of pyridine rings is 2. The number of carbonyl (C=O) groups excluding carboxylic acids is 2. The van der Waals surface area contributed by atoms with Gasteiger partial charge in [-0.2, -0.15) is 0 Å². The van der Waals surface area contributed by atoms with Crippen LogP contribution in [0.5, 0.6) is 5.75 Å². The number of aryl methyl sites for hydroxylation is 1. The van der Waals surface area contributed by atoms with Gasteiger partial charge >= 0.3 is 0 Å². The SMILES string of the molecule is C=CC(=O)N1CCN2C(=O)c3c(N4C[C@@H](O)CC4(C)C)nc(-c4nc(N)cc(C)c4F)c(F)c3OC[C@H]2C1. The fourth-order valence-corrected chi connectivity index (χ4v) is 5.55. The zero-order valence-corrected chi connectivity index (χ0v) is 21.5. The standard InChI is InChI=1S/C26H30F2N6O4/c1-5-17(36)32-6-7-33-14(10-32)12-38-23-18(25(33)37)24(34-11-15(35)9-26(34,3)4)31-22(20(23)28)21-19(27)13(2)8-16(29)30-21/h5,8,14-15,35H,1,6-7,9-12H2,2-4H3,(H2,29,30)/t14-,15+/m1/s1. The number of aliphatic hydroxyl groups is 1. The third-order valence-electron chi connectivity index (χ3n) is 7.44. The van der Waals surface area contributed by atoms with E-state index in [-0.39, 0.29) is 67.2 Å². The molecule has 3 aliphatic rings. The van der Waals surface area contributed by atoms with Crippen molar-refractivity contribution in [1.82, 2.24) is 19.8 Å². The number of rotatable bonds is 3. The minimum absolute atomic E-state index is 0.0189. The number of hydrogen-bond acceptors (Lipinski definition) is 8. The van der Waals surface area contributed by atoms with Gasteiger partial charge in [-0.15, -0.1) is 0 Å². The highest BCUT2D eigenvalue weighted by Gasteiger charge is 2.45. The molecule has 0 aliphatic carbocycles. The van der Waals surface area contributed by atoms with E-state index in [0.29, 0.717) is 6.42 Å². The molecule has 0 aromatic carbocycles. The Morgan fingerprint density at radius 1 is 1.24 bits per heavy atom. The lowest BCUT2D eigenvalue weighted by Gasteiger charge is -2.40. The molecule has 5 heterocycles. The van der Waals surface area contributed by atoms with Gasteiger partial charge in [0.1, 0.15) is 35.2 Å². The Hall–Kier alpha value is -3.80. The number of nitrogens with two attached hydrogens (primary N) is 1. The van der Waals surface area contributed by atoms with Gasteiger partial charge < -0.3 is 30.3 Å². The van der Waals surface area contributed by atoms with Gasteiger partial charge in [0.2, 0.25) is 5.91 Å². The van der Waals surface area contributed by atoms with Crippen LogP contribution < -0.4 is 15.4 Å². The molecule has 3 N–H and O–H groups in total. The summed E-state index contributed by atoms with van der Waals surface area (Å²) in [5, 5.41) is 10.5. The van der Waals surface area contributed by atoms with Gasteiger partial charge in [-0.3, -0.25) is 9.59 Å². The first kappa shape index (κ1) is 25.8. The van der Waals surface area contributed by atoms with E-state index in [1.54, 1.807) is 14.7 Å². The molecule has 3 aliphatic heterocycles. The molecule has 0 radical (unpaired) electrons. The third-order valence-corrected chi connectivity index (χ3v) is 7.44. The van der Waals surface area contributed by atoms with Crippen molar-refractivity contribution in [3.05, 3.63) is 41.5 Å². The maximum absolute atomic E-state index is 16.2. The number of carbonyl (C=O) groups is 2. The number of aliphatic hydroxyl groups excluding tert-OH is 1.